The van der Waals surface area contributed by atoms with Gasteiger partial charge in [0.15, 0.2) is 0 Å². The molecule has 1 heterocycles. The number of methoxy groups -OCH3 is 1. The third-order valence-electron chi connectivity index (χ3n) is 7.28. The molecule has 0 aromatic heterocycles. The Labute approximate surface area is 188 Å². The monoisotopic (exact) mass is 422 g/mol. The number of piperidine rings is 1. The minimum atomic E-state index is 0.0827. The van der Waals surface area contributed by atoms with Gasteiger partial charge in [0.1, 0.15) is 5.75 Å². The summed E-state index contributed by atoms with van der Waals surface area (Å²) in [6, 6.07) is 19.5. The van der Waals surface area contributed by atoms with Gasteiger partial charge in [-0.25, -0.2) is 0 Å². The third-order valence-corrected chi connectivity index (χ3v) is 7.28. The highest BCUT2D eigenvalue weighted by Gasteiger charge is 2.43. The van der Waals surface area contributed by atoms with Crippen LogP contribution in [0.1, 0.15) is 51.2 Å². The Hall–Kier alpha value is -2.33. The Balaban J connectivity index is 1.84. The number of carbonyl (C=O) groups is 1. The van der Waals surface area contributed by atoms with Crippen molar-refractivity contribution in [3.05, 3.63) is 65.7 Å². The molecule has 0 radical (unpaired) electrons. The van der Waals surface area contributed by atoms with E-state index in [1.807, 2.05) is 24.0 Å². The Morgan fingerprint density at radius 3 is 2.42 bits per heavy atom. The van der Waals surface area contributed by atoms with Crippen molar-refractivity contribution >= 4 is 5.91 Å². The van der Waals surface area contributed by atoms with E-state index in [2.05, 4.69) is 68.3 Å². The number of hydrogen-bond acceptors (Lipinski definition) is 3. The molecule has 4 nitrogen and oxygen atoms in total. The molecule has 1 aliphatic rings. The first kappa shape index (κ1) is 23.3. The van der Waals surface area contributed by atoms with Crippen molar-refractivity contribution in [2.75, 3.05) is 27.2 Å². The number of hydrogen-bond donors (Lipinski definition) is 0. The molecule has 0 aliphatic carbocycles. The number of benzene rings is 2. The van der Waals surface area contributed by atoms with Crippen molar-refractivity contribution < 1.29 is 9.53 Å². The Bertz CT molecular complexity index is 836. The summed E-state index contributed by atoms with van der Waals surface area (Å²) in [7, 11) is 3.90. The predicted molar refractivity (Wildman–Crippen MR) is 127 cm³/mol. The highest BCUT2D eigenvalue weighted by Crippen LogP contribution is 2.44. The summed E-state index contributed by atoms with van der Waals surface area (Å²) in [6.45, 7) is 9.16. The van der Waals surface area contributed by atoms with E-state index >= 15 is 0 Å². The van der Waals surface area contributed by atoms with E-state index in [9.17, 15) is 4.79 Å². The standard InChI is InChI=1S/C27H38N2O2/c1-6-26(30)29(20-23-12-14-25(31-5)15-13-23)17-16-27(24-10-8-7-9-11-24)18-22(3)28(4)19-21(27)2/h7-15,21-22H,6,16-20H2,1-5H3/t21-,22+,27+/m1/s1. The van der Waals surface area contributed by atoms with Gasteiger partial charge in [0.05, 0.1) is 7.11 Å². The van der Waals surface area contributed by atoms with Gasteiger partial charge in [-0.3, -0.25) is 4.79 Å². The molecule has 4 heteroatoms. The van der Waals surface area contributed by atoms with Gasteiger partial charge in [-0.1, -0.05) is 56.3 Å². The zero-order valence-electron chi connectivity index (χ0n) is 19.8. The smallest absolute Gasteiger partial charge is 0.222 e. The highest BCUT2D eigenvalue weighted by atomic mass is 16.5. The fraction of sp³-hybridized carbons (Fsp3) is 0.519. The van der Waals surface area contributed by atoms with Crippen molar-refractivity contribution in [1.82, 2.24) is 9.80 Å². The average molecular weight is 423 g/mol. The summed E-state index contributed by atoms with van der Waals surface area (Å²) < 4.78 is 5.28. The van der Waals surface area contributed by atoms with Gasteiger partial charge in [0, 0.05) is 37.5 Å². The van der Waals surface area contributed by atoms with E-state index in [0.29, 0.717) is 24.9 Å². The molecule has 168 valence electrons. The van der Waals surface area contributed by atoms with Gasteiger partial charge in [0.25, 0.3) is 0 Å². The Morgan fingerprint density at radius 1 is 1.13 bits per heavy atom. The maximum atomic E-state index is 12.8. The van der Waals surface area contributed by atoms with E-state index in [1.54, 1.807) is 7.11 Å². The lowest BCUT2D eigenvalue weighted by Crippen LogP contribution is -2.52. The molecule has 2 aromatic rings. The molecule has 1 saturated heterocycles. The van der Waals surface area contributed by atoms with E-state index < -0.39 is 0 Å². The molecule has 31 heavy (non-hydrogen) atoms. The summed E-state index contributed by atoms with van der Waals surface area (Å²) in [4.78, 5) is 17.4. The van der Waals surface area contributed by atoms with Crippen LogP contribution in [0.3, 0.4) is 0 Å². The van der Waals surface area contributed by atoms with Crippen LogP contribution in [0.25, 0.3) is 0 Å². The zero-order chi connectivity index (χ0) is 22.4. The fourth-order valence-electron chi connectivity index (χ4n) is 5.14. The molecule has 3 rings (SSSR count). The SMILES string of the molecule is CCC(=O)N(CC[C@]1(c2ccccc2)C[C@H](C)N(C)C[C@H]1C)Cc1ccc(OC)cc1. The van der Waals surface area contributed by atoms with Gasteiger partial charge in [-0.05, 0) is 56.0 Å². The summed E-state index contributed by atoms with van der Waals surface area (Å²) in [5, 5.41) is 0. The van der Waals surface area contributed by atoms with Crippen LogP contribution in [0.5, 0.6) is 5.75 Å². The molecule has 0 unspecified atom stereocenters. The molecule has 0 spiro atoms. The van der Waals surface area contributed by atoms with E-state index in [4.69, 9.17) is 4.74 Å². The van der Waals surface area contributed by atoms with E-state index in [0.717, 1.165) is 37.2 Å². The maximum Gasteiger partial charge on any atom is 0.222 e. The first-order chi connectivity index (χ1) is 14.9. The fourth-order valence-corrected chi connectivity index (χ4v) is 5.14. The topological polar surface area (TPSA) is 32.8 Å². The Kier molecular flexibility index (Phi) is 7.77. The molecule has 3 atom stereocenters. The van der Waals surface area contributed by atoms with Crippen LogP contribution in [0, 0.1) is 5.92 Å². The Morgan fingerprint density at radius 2 is 1.81 bits per heavy atom. The lowest BCUT2D eigenvalue weighted by molar-refractivity contribution is -0.131. The molecule has 0 saturated carbocycles. The van der Waals surface area contributed by atoms with E-state index in [-0.39, 0.29) is 11.3 Å². The highest BCUT2D eigenvalue weighted by molar-refractivity contribution is 5.75. The minimum absolute atomic E-state index is 0.0827. The molecular weight excluding hydrogens is 384 g/mol. The maximum absolute atomic E-state index is 12.8. The molecule has 2 aromatic carbocycles. The lowest BCUT2D eigenvalue weighted by Gasteiger charge is -2.50. The van der Waals surface area contributed by atoms with Crippen LogP contribution in [0.15, 0.2) is 54.6 Å². The van der Waals surface area contributed by atoms with Gasteiger partial charge < -0.3 is 14.5 Å². The van der Waals surface area contributed by atoms with Crippen LogP contribution in [-0.2, 0) is 16.8 Å². The largest absolute Gasteiger partial charge is 0.497 e. The van der Waals surface area contributed by atoms with Gasteiger partial charge in [-0.15, -0.1) is 0 Å². The first-order valence-electron chi connectivity index (χ1n) is 11.6. The predicted octanol–water partition coefficient (Wildman–Crippen LogP) is 5.12. The molecular formula is C27H38N2O2. The van der Waals surface area contributed by atoms with Crippen LogP contribution in [0.2, 0.25) is 0 Å². The molecule has 1 aliphatic heterocycles. The molecule has 0 bridgehead atoms. The lowest BCUT2D eigenvalue weighted by atomic mass is 9.63. The van der Waals surface area contributed by atoms with Crippen molar-refractivity contribution in [3.8, 4) is 5.75 Å². The average Bonchev–Trinajstić information content (AvgIpc) is 2.80. The normalized spacial score (nSPS) is 24.0. The number of nitrogens with zero attached hydrogens (tertiary/aromatic N) is 2. The second kappa shape index (κ2) is 10.3. The second-order valence-electron chi connectivity index (χ2n) is 9.18. The molecule has 1 amide bonds. The van der Waals surface area contributed by atoms with E-state index in [1.165, 1.54) is 5.56 Å². The summed E-state index contributed by atoms with van der Waals surface area (Å²) >= 11 is 0. The first-order valence-corrected chi connectivity index (χ1v) is 11.6. The number of rotatable bonds is 8. The van der Waals surface area contributed by atoms with Crippen LogP contribution in [0.4, 0.5) is 0 Å². The number of amides is 1. The van der Waals surface area contributed by atoms with Crippen molar-refractivity contribution in [1.29, 1.82) is 0 Å². The summed E-state index contributed by atoms with van der Waals surface area (Å²) in [5.74, 6) is 1.58. The quantitative estimate of drug-likeness (QED) is 0.592. The number of carbonyl (C=O) groups excluding carboxylic acids is 1. The van der Waals surface area contributed by atoms with Crippen molar-refractivity contribution in [3.63, 3.8) is 0 Å². The zero-order valence-corrected chi connectivity index (χ0v) is 19.8. The van der Waals surface area contributed by atoms with Gasteiger partial charge in [0.2, 0.25) is 5.91 Å². The second-order valence-corrected chi connectivity index (χ2v) is 9.18. The van der Waals surface area contributed by atoms with Crippen LogP contribution < -0.4 is 4.74 Å². The van der Waals surface area contributed by atoms with Crippen molar-refractivity contribution in [2.24, 2.45) is 5.92 Å². The summed E-state index contributed by atoms with van der Waals surface area (Å²) in [6.07, 6.45) is 2.63. The van der Waals surface area contributed by atoms with Crippen LogP contribution in [-0.4, -0.2) is 49.0 Å². The summed E-state index contributed by atoms with van der Waals surface area (Å²) in [5.41, 5.74) is 2.64. The number of ether oxygens (including phenoxy) is 1. The molecule has 1 fully saturated rings. The molecule has 0 N–H and O–H groups in total. The van der Waals surface area contributed by atoms with Crippen molar-refractivity contribution in [2.45, 2.75) is 58.0 Å². The number of likely N-dealkylation sites (tertiary alicyclic amines) is 1. The van der Waals surface area contributed by atoms with Gasteiger partial charge in [-0.2, -0.15) is 0 Å². The van der Waals surface area contributed by atoms with Gasteiger partial charge >= 0.3 is 0 Å². The minimum Gasteiger partial charge on any atom is -0.497 e. The third kappa shape index (κ3) is 5.30. The van der Waals surface area contributed by atoms with Crippen LogP contribution >= 0.6 is 0 Å².